The summed E-state index contributed by atoms with van der Waals surface area (Å²) in [7, 11) is 0. The van der Waals surface area contributed by atoms with Crippen LogP contribution < -0.4 is 10.5 Å². The topological polar surface area (TPSA) is 35.2 Å². The highest BCUT2D eigenvalue weighted by Crippen LogP contribution is 2.37. The maximum atomic E-state index is 6.07. The summed E-state index contributed by atoms with van der Waals surface area (Å²) in [5.41, 5.74) is 5.71. The van der Waals surface area contributed by atoms with Crippen molar-refractivity contribution in [1.82, 2.24) is 0 Å². The smallest absolute Gasteiger partial charge is 0.139 e. The van der Waals surface area contributed by atoms with E-state index in [2.05, 4.69) is 0 Å². The first-order valence-electron chi connectivity index (χ1n) is 5.63. The maximum absolute atomic E-state index is 6.07. The molecular formula is C12H14Cl3NO. The number of ether oxygens (including phenoxy) is 1. The van der Waals surface area contributed by atoms with E-state index in [4.69, 9.17) is 45.3 Å². The predicted molar refractivity (Wildman–Crippen MR) is 72.3 cm³/mol. The molecule has 0 spiro atoms. The lowest BCUT2D eigenvalue weighted by Gasteiger charge is -2.20. The number of rotatable bonds is 3. The molecule has 0 heterocycles. The normalized spacial score (nSPS) is 24.0. The van der Waals surface area contributed by atoms with E-state index in [1.807, 2.05) is 0 Å². The molecule has 2 atom stereocenters. The molecule has 17 heavy (non-hydrogen) atoms. The zero-order chi connectivity index (χ0) is 12.4. The lowest BCUT2D eigenvalue weighted by molar-refractivity contribution is 0.162. The molecule has 1 aromatic rings. The van der Waals surface area contributed by atoms with Gasteiger partial charge in [0.25, 0.3) is 0 Å². The number of nitrogens with two attached hydrogens (primary N) is 1. The molecule has 1 saturated carbocycles. The van der Waals surface area contributed by atoms with Crippen LogP contribution >= 0.6 is 34.8 Å². The van der Waals surface area contributed by atoms with Crippen molar-refractivity contribution in [2.75, 3.05) is 6.54 Å². The fraction of sp³-hybridized carbons (Fsp3) is 0.500. The van der Waals surface area contributed by atoms with Gasteiger partial charge in [0.05, 0.1) is 15.1 Å². The predicted octanol–water partition coefficient (Wildman–Crippen LogP) is 4.15. The van der Waals surface area contributed by atoms with E-state index < -0.39 is 0 Å². The summed E-state index contributed by atoms with van der Waals surface area (Å²) < 4.78 is 5.89. The van der Waals surface area contributed by atoms with Crippen molar-refractivity contribution < 1.29 is 4.74 Å². The molecule has 0 radical (unpaired) electrons. The van der Waals surface area contributed by atoms with E-state index in [0.717, 1.165) is 19.3 Å². The third kappa shape index (κ3) is 3.00. The molecule has 0 bridgehead atoms. The van der Waals surface area contributed by atoms with Gasteiger partial charge in [-0.05, 0) is 31.9 Å². The largest absolute Gasteiger partial charge is 0.488 e. The zero-order valence-electron chi connectivity index (χ0n) is 9.26. The molecule has 1 aliphatic rings. The number of hydrogen-bond acceptors (Lipinski definition) is 2. The van der Waals surface area contributed by atoms with Crippen LogP contribution in [0.5, 0.6) is 5.75 Å². The first-order chi connectivity index (χ1) is 8.11. The molecule has 1 fully saturated rings. The van der Waals surface area contributed by atoms with Gasteiger partial charge in [-0.2, -0.15) is 0 Å². The minimum atomic E-state index is 0.134. The molecule has 0 saturated heterocycles. The highest BCUT2D eigenvalue weighted by molar-refractivity contribution is 6.43. The van der Waals surface area contributed by atoms with Crippen LogP contribution in [-0.2, 0) is 0 Å². The average molecular weight is 295 g/mol. The molecular weight excluding hydrogens is 280 g/mol. The standard InChI is InChI=1S/C12H14Cl3NO/c13-8-4-10(15)12(5-9(8)14)17-11-3-1-2-7(11)6-16/h4-5,7,11H,1-3,6,16H2. The van der Waals surface area contributed by atoms with Gasteiger partial charge in [0.15, 0.2) is 0 Å². The van der Waals surface area contributed by atoms with E-state index in [0.29, 0.717) is 33.3 Å². The van der Waals surface area contributed by atoms with E-state index >= 15 is 0 Å². The van der Waals surface area contributed by atoms with E-state index in [9.17, 15) is 0 Å². The van der Waals surface area contributed by atoms with Crippen molar-refractivity contribution in [2.45, 2.75) is 25.4 Å². The van der Waals surface area contributed by atoms with Crippen LogP contribution in [0.15, 0.2) is 12.1 Å². The molecule has 5 heteroatoms. The summed E-state index contributed by atoms with van der Waals surface area (Å²) in [4.78, 5) is 0. The Morgan fingerprint density at radius 1 is 1.12 bits per heavy atom. The van der Waals surface area contributed by atoms with E-state index in [-0.39, 0.29) is 6.10 Å². The first-order valence-corrected chi connectivity index (χ1v) is 6.76. The molecule has 1 aliphatic carbocycles. The molecule has 2 unspecified atom stereocenters. The Bertz CT molecular complexity index is 411. The molecule has 2 rings (SSSR count). The highest BCUT2D eigenvalue weighted by atomic mass is 35.5. The van der Waals surface area contributed by atoms with Crippen molar-refractivity contribution in [3.63, 3.8) is 0 Å². The van der Waals surface area contributed by atoms with Crippen molar-refractivity contribution in [1.29, 1.82) is 0 Å². The Morgan fingerprint density at radius 3 is 2.53 bits per heavy atom. The second kappa shape index (κ2) is 5.66. The summed E-state index contributed by atoms with van der Waals surface area (Å²) in [6, 6.07) is 3.27. The van der Waals surface area contributed by atoms with Gasteiger partial charge in [-0.1, -0.05) is 34.8 Å². The lowest BCUT2D eigenvalue weighted by Crippen LogP contribution is -2.27. The fourth-order valence-corrected chi connectivity index (χ4v) is 2.77. The first kappa shape index (κ1) is 13.3. The average Bonchev–Trinajstić information content (AvgIpc) is 2.73. The van der Waals surface area contributed by atoms with E-state index in [1.54, 1.807) is 12.1 Å². The van der Waals surface area contributed by atoms with Gasteiger partial charge >= 0.3 is 0 Å². The van der Waals surface area contributed by atoms with Crippen molar-refractivity contribution >= 4 is 34.8 Å². The molecule has 0 aliphatic heterocycles. The van der Waals surface area contributed by atoms with Gasteiger partial charge in [-0.3, -0.25) is 0 Å². The summed E-state index contributed by atoms with van der Waals surface area (Å²) in [5, 5.41) is 1.38. The summed E-state index contributed by atoms with van der Waals surface area (Å²) in [6.45, 7) is 0.642. The van der Waals surface area contributed by atoms with Crippen LogP contribution in [0, 0.1) is 5.92 Å². The lowest BCUT2D eigenvalue weighted by atomic mass is 10.1. The number of hydrogen-bond donors (Lipinski definition) is 1. The van der Waals surface area contributed by atoms with Crippen molar-refractivity contribution in [3.05, 3.63) is 27.2 Å². The van der Waals surface area contributed by atoms with Gasteiger partial charge in [0.2, 0.25) is 0 Å². The second-order valence-electron chi connectivity index (χ2n) is 4.28. The zero-order valence-corrected chi connectivity index (χ0v) is 11.5. The number of halogens is 3. The fourth-order valence-electron chi connectivity index (χ4n) is 2.19. The summed E-state index contributed by atoms with van der Waals surface area (Å²) in [5.74, 6) is 0.993. The van der Waals surface area contributed by atoms with Crippen molar-refractivity contribution in [2.24, 2.45) is 11.7 Å². The van der Waals surface area contributed by atoms with Gasteiger partial charge < -0.3 is 10.5 Å². The van der Waals surface area contributed by atoms with Crippen LogP contribution in [-0.4, -0.2) is 12.6 Å². The van der Waals surface area contributed by atoms with Crippen LogP contribution in [0.25, 0.3) is 0 Å². The van der Waals surface area contributed by atoms with Crippen LogP contribution in [0.3, 0.4) is 0 Å². The Balaban J connectivity index is 2.15. The monoisotopic (exact) mass is 293 g/mol. The van der Waals surface area contributed by atoms with E-state index in [1.165, 1.54) is 0 Å². The van der Waals surface area contributed by atoms with Crippen LogP contribution in [0.4, 0.5) is 0 Å². The molecule has 2 N–H and O–H groups in total. The molecule has 94 valence electrons. The Kier molecular flexibility index (Phi) is 4.42. The van der Waals surface area contributed by atoms with Crippen molar-refractivity contribution in [3.8, 4) is 5.75 Å². The second-order valence-corrected chi connectivity index (χ2v) is 5.50. The molecule has 0 amide bonds. The Morgan fingerprint density at radius 2 is 1.82 bits per heavy atom. The SMILES string of the molecule is NCC1CCCC1Oc1cc(Cl)c(Cl)cc1Cl. The summed E-state index contributed by atoms with van der Waals surface area (Å²) >= 11 is 17.9. The van der Waals surface area contributed by atoms with Gasteiger partial charge in [0.1, 0.15) is 11.9 Å². The molecule has 1 aromatic carbocycles. The Hall–Kier alpha value is -0.150. The van der Waals surface area contributed by atoms with Gasteiger partial charge in [-0.15, -0.1) is 0 Å². The minimum absolute atomic E-state index is 0.134. The quantitative estimate of drug-likeness (QED) is 0.850. The third-order valence-corrected chi connectivity index (χ3v) is 4.16. The number of benzene rings is 1. The van der Waals surface area contributed by atoms with Gasteiger partial charge in [-0.25, -0.2) is 0 Å². The van der Waals surface area contributed by atoms with Crippen LogP contribution in [0.2, 0.25) is 15.1 Å². The third-order valence-electron chi connectivity index (χ3n) is 3.15. The molecule has 0 aromatic heterocycles. The minimum Gasteiger partial charge on any atom is -0.488 e. The van der Waals surface area contributed by atoms with Crippen LogP contribution in [0.1, 0.15) is 19.3 Å². The summed E-state index contributed by atoms with van der Waals surface area (Å²) in [6.07, 6.45) is 3.40. The van der Waals surface area contributed by atoms with Gasteiger partial charge in [0, 0.05) is 12.0 Å². The molecule has 2 nitrogen and oxygen atoms in total. The highest BCUT2D eigenvalue weighted by Gasteiger charge is 2.28. The Labute approximate surface area is 116 Å². The maximum Gasteiger partial charge on any atom is 0.139 e.